The fourth-order valence-electron chi connectivity index (χ4n) is 6.09. The smallest absolute Gasteiger partial charge is 0.226 e. The zero-order chi connectivity index (χ0) is 17.6. The molecule has 1 aromatic heterocycles. The molecule has 0 spiro atoms. The summed E-state index contributed by atoms with van der Waals surface area (Å²) in [5.41, 5.74) is 0.804. The van der Waals surface area contributed by atoms with Gasteiger partial charge < -0.3 is 10.1 Å². The van der Waals surface area contributed by atoms with Crippen molar-refractivity contribution < 1.29 is 9.53 Å². The molecule has 4 bridgehead atoms. The molecule has 4 aliphatic carbocycles. The number of carbonyl (C=O) groups excluding carboxylic acids is 1. The summed E-state index contributed by atoms with van der Waals surface area (Å²) in [6.45, 7) is 1.04. The van der Waals surface area contributed by atoms with Crippen molar-refractivity contribution in [3.63, 3.8) is 0 Å². The standard InChI is InChI=1S/C22H26N2O2/c25-21(22-12-15-9-16(13-22)11-17(10-15)14-22)24-7-8-26-19-5-1-3-18-4-2-6-23-20(18)19/h1-6,15-17H,7-14H2,(H,24,25). The average Bonchev–Trinajstić information content (AvgIpc) is 2.64. The van der Waals surface area contributed by atoms with Gasteiger partial charge >= 0.3 is 0 Å². The van der Waals surface area contributed by atoms with Crippen LogP contribution in [0.5, 0.6) is 5.75 Å². The van der Waals surface area contributed by atoms with Crippen molar-refractivity contribution in [1.29, 1.82) is 0 Å². The van der Waals surface area contributed by atoms with Crippen LogP contribution in [-0.4, -0.2) is 24.0 Å². The van der Waals surface area contributed by atoms with Gasteiger partial charge in [-0.3, -0.25) is 9.78 Å². The quantitative estimate of drug-likeness (QED) is 0.831. The highest BCUT2D eigenvalue weighted by Gasteiger charge is 2.54. The Morgan fingerprint density at radius 2 is 1.77 bits per heavy atom. The van der Waals surface area contributed by atoms with E-state index in [1.54, 1.807) is 6.20 Å². The lowest BCUT2D eigenvalue weighted by atomic mass is 9.49. The molecular formula is C22H26N2O2. The van der Waals surface area contributed by atoms with Crippen molar-refractivity contribution >= 4 is 16.8 Å². The summed E-state index contributed by atoms with van der Waals surface area (Å²) in [5, 5.41) is 4.25. The Labute approximate surface area is 154 Å². The van der Waals surface area contributed by atoms with E-state index in [0.717, 1.165) is 53.7 Å². The van der Waals surface area contributed by atoms with Crippen molar-refractivity contribution in [1.82, 2.24) is 10.3 Å². The lowest BCUT2D eigenvalue weighted by molar-refractivity contribution is -0.146. The van der Waals surface area contributed by atoms with E-state index in [1.165, 1.54) is 19.3 Å². The van der Waals surface area contributed by atoms with Crippen molar-refractivity contribution in [2.24, 2.45) is 23.2 Å². The maximum atomic E-state index is 12.9. The van der Waals surface area contributed by atoms with Crippen molar-refractivity contribution in [2.75, 3.05) is 13.2 Å². The molecule has 0 atom stereocenters. The molecule has 26 heavy (non-hydrogen) atoms. The number of benzene rings is 1. The van der Waals surface area contributed by atoms with Gasteiger partial charge in [-0.2, -0.15) is 0 Å². The minimum Gasteiger partial charge on any atom is -0.489 e. The van der Waals surface area contributed by atoms with Gasteiger partial charge in [0.1, 0.15) is 17.9 Å². The molecule has 0 radical (unpaired) electrons. The summed E-state index contributed by atoms with van der Waals surface area (Å²) < 4.78 is 5.91. The molecule has 1 N–H and O–H groups in total. The second-order valence-electron chi connectivity index (χ2n) is 8.63. The van der Waals surface area contributed by atoms with Gasteiger partial charge in [-0.15, -0.1) is 0 Å². The molecule has 4 heteroatoms. The lowest BCUT2D eigenvalue weighted by Gasteiger charge is -2.55. The summed E-state index contributed by atoms with van der Waals surface area (Å²) in [6.07, 6.45) is 9.21. The lowest BCUT2D eigenvalue weighted by Crippen LogP contribution is -2.54. The number of carbonyl (C=O) groups is 1. The van der Waals surface area contributed by atoms with Crippen LogP contribution in [0.1, 0.15) is 38.5 Å². The predicted octanol–water partition coefficient (Wildman–Crippen LogP) is 3.95. The van der Waals surface area contributed by atoms with E-state index < -0.39 is 0 Å². The second kappa shape index (κ2) is 6.26. The van der Waals surface area contributed by atoms with E-state index in [9.17, 15) is 4.79 Å². The Bertz CT molecular complexity index is 791. The molecule has 1 aromatic carbocycles. The fourth-order valence-corrected chi connectivity index (χ4v) is 6.09. The van der Waals surface area contributed by atoms with E-state index >= 15 is 0 Å². The SMILES string of the molecule is O=C(NCCOc1cccc2cccnc12)C12CC3CC(CC(C3)C1)C2. The second-order valence-corrected chi connectivity index (χ2v) is 8.63. The molecule has 1 heterocycles. The van der Waals surface area contributed by atoms with Crippen LogP contribution in [0.15, 0.2) is 36.5 Å². The van der Waals surface area contributed by atoms with Crippen LogP contribution in [0.4, 0.5) is 0 Å². The molecule has 0 aliphatic heterocycles. The van der Waals surface area contributed by atoms with Gasteiger partial charge in [0, 0.05) is 17.0 Å². The normalized spacial score (nSPS) is 31.9. The van der Waals surface area contributed by atoms with Crippen LogP contribution in [0, 0.1) is 23.2 Å². The minimum absolute atomic E-state index is 0.0737. The van der Waals surface area contributed by atoms with Crippen LogP contribution in [-0.2, 0) is 4.79 Å². The molecule has 1 amide bonds. The number of nitrogens with one attached hydrogen (secondary N) is 1. The highest BCUT2D eigenvalue weighted by molar-refractivity contribution is 5.84. The molecule has 0 saturated heterocycles. The zero-order valence-electron chi connectivity index (χ0n) is 15.1. The number of pyridine rings is 1. The van der Waals surface area contributed by atoms with Gasteiger partial charge in [0.05, 0.1) is 6.54 Å². The molecule has 4 aliphatic rings. The highest BCUT2D eigenvalue weighted by Crippen LogP contribution is 2.60. The molecule has 6 rings (SSSR count). The van der Waals surface area contributed by atoms with E-state index in [2.05, 4.69) is 10.3 Å². The average molecular weight is 350 g/mol. The number of amides is 1. The van der Waals surface area contributed by atoms with E-state index in [-0.39, 0.29) is 11.3 Å². The number of fused-ring (bicyclic) bond motifs is 1. The number of ether oxygens (including phenoxy) is 1. The van der Waals surface area contributed by atoms with Gasteiger partial charge in [0.2, 0.25) is 5.91 Å². The summed E-state index contributed by atoms with van der Waals surface area (Å²) in [6, 6.07) is 9.91. The fraction of sp³-hybridized carbons (Fsp3) is 0.545. The topological polar surface area (TPSA) is 51.2 Å². The van der Waals surface area contributed by atoms with Gasteiger partial charge in [0.15, 0.2) is 0 Å². The molecule has 4 saturated carbocycles. The maximum absolute atomic E-state index is 12.9. The van der Waals surface area contributed by atoms with Gasteiger partial charge in [-0.1, -0.05) is 18.2 Å². The Morgan fingerprint density at radius 3 is 2.50 bits per heavy atom. The van der Waals surface area contributed by atoms with Crippen LogP contribution in [0.2, 0.25) is 0 Å². The number of nitrogens with zero attached hydrogens (tertiary/aromatic N) is 1. The largest absolute Gasteiger partial charge is 0.489 e. The van der Waals surface area contributed by atoms with E-state index in [0.29, 0.717) is 13.2 Å². The van der Waals surface area contributed by atoms with Crippen LogP contribution < -0.4 is 10.1 Å². The first-order chi connectivity index (χ1) is 12.7. The van der Waals surface area contributed by atoms with Gasteiger partial charge in [0.25, 0.3) is 0 Å². The monoisotopic (exact) mass is 350 g/mol. The Kier molecular flexibility index (Phi) is 3.87. The zero-order valence-corrected chi connectivity index (χ0v) is 15.1. The Morgan fingerprint density at radius 1 is 1.08 bits per heavy atom. The maximum Gasteiger partial charge on any atom is 0.226 e. The van der Waals surface area contributed by atoms with Crippen molar-refractivity contribution in [2.45, 2.75) is 38.5 Å². The van der Waals surface area contributed by atoms with Crippen molar-refractivity contribution in [3.8, 4) is 5.75 Å². The Hall–Kier alpha value is -2.10. The molecular weight excluding hydrogens is 324 g/mol. The van der Waals surface area contributed by atoms with E-state index in [1.807, 2.05) is 30.3 Å². The van der Waals surface area contributed by atoms with Gasteiger partial charge in [-0.25, -0.2) is 0 Å². The van der Waals surface area contributed by atoms with Gasteiger partial charge in [-0.05, 0) is 68.4 Å². The first-order valence-corrected chi connectivity index (χ1v) is 9.97. The highest BCUT2D eigenvalue weighted by atomic mass is 16.5. The number of para-hydroxylation sites is 1. The summed E-state index contributed by atoms with van der Waals surface area (Å²) in [5.74, 6) is 3.45. The third-order valence-electron chi connectivity index (χ3n) is 6.76. The number of hydrogen-bond donors (Lipinski definition) is 1. The summed E-state index contributed by atoms with van der Waals surface area (Å²) in [4.78, 5) is 17.4. The summed E-state index contributed by atoms with van der Waals surface area (Å²) in [7, 11) is 0. The summed E-state index contributed by atoms with van der Waals surface area (Å²) >= 11 is 0. The third kappa shape index (κ3) is 2.76. The first kappa shape index (κ1) is 16.1. The van der Waals surface area contributed by atoms with E-state index in [4.69, 9.17) is 4.74 Å². The number of rotatable bonds is 5. The molecule has 136 valence electrons. The molecule has 4 fully saturated rings. The van der Waals surface area contributed by atoms with Crippen LogP contribution >= 0.6 is 0 Å². The van der Waals surface area contributed by atoms with Crippen LogP contribution in [0.25, 0.3) is 10.9 Å². The first-order valence-electron chi connectivity index (χ1n) is 9.97. The Balaban J connectivity index is 1.19. The third-order valence-corrected chi connectivity index (χ3v) is 6.76. The number of aromatic nitrogens is 1. The molecule has 4 nitrogen and oxygen atoms in total. The predicted molar refractivity (Wildman–Crippen MR) is 101 cm³/mol. The number of hydrogen-bond acceptors (Lipinski definition) is 3. The molecule has 2 aromatic rings. The minimum atomic E-state index is -0.0737. The van der Waals surface area contributed by atoms with Crippen LogP contribution in [0.3, 0.4) is 0 Å². The molecule has 0 unspecified atom stereocenters. The van der Waals surface area contributed by atoms with Crippen molar-refractivity contribution in [3.05, 3.63) is 36.5 Å².